The molecule has 5 nitrogen and oxygen atoms in total. The maximum atomic E-state index is 5.74. The average Bonchev–Trinajstić information content (AvgIpc) is 2.28. The molecule has 0 radical (unpaired) electrons. The molecule has 0 aliphatic heterocycles. The zero-order chi connectivity index (χ0) is 10.8. The molecule has 0 bridgehead atoms. The Bertz CT molecular complexity index is 499. The maximum Gasteiger partial charge on any atom is 0.148 e. The summed E-state index contributed by atoms with van der Waals surface area (Å²) in [6.07, 6.45) is 1.41. The van der Waals surface area contributed by atoms with Crippen LogP contribution in [0.3, 0.4) is 0 Å². The number of hydrogen-bond acceptors (Lipinski definition) is 5. The summed E-state index contributed by atoms with van der Waals surface area (Å²) >= 11 is 0. The molecule has 0 amide bonds. The minimum absolute atomic E-state index is 0.414. The van der Waals surface area contributed by atoms with Crippen molar-refractivity contribution in [3.63, 3.8) is 0 Å². The normalized spacial score (nSPS) is 10.3. The van der Waals surface area contributed by atoms with Crippen LogP contribution in [0.15, 0.2) is 18.5 Å². The molecule has 2 N–H and O–H groups in total. The summed E-state index contributed by atoms with van der Waals surface area (Å²) in [5, 5.41) is 0.730. The summed E-state index contributed by atoms with van der Waals surface area (Å²) in [6, 6.07) is 3.54. The van der Waals surface area contributed by atoms with E-state index >= 15 is 0 Å². The molecule has 15 heavy (non-hydrogen) atoms. The lowest BCUT2D eigenvalue weighted by Crippen LogP contribution is -1.96. The van der Waals surface area contributed by atoms with Gasteiger partial charge in [-0.25, -0.2) is 9.97 Å². The second kappa shape index (κ2) is 3.61. The number of ether oxygens (including phenoxy) is 2. The Morgan fingerprint density at radius 2 is 1.93 bits per heavy atom. The second-order valence-corrected chi connectivity index (χ2v) is 2.98. The van der Waals surface area contributed by atoms with Crippen molar-refractivity contribution in [3.05, 3.63) is 18.5 Å². The van der Waals surface area contributed by atoms with Gasteiger partial charge in [0.05, 0.1) is 14.2 Å². The van der Waals surface area contributed by atoms with Crippen LogP contribution in [0.25, 0.3) is 10.9 Å². The molecule has 0 aliphatic carbocycles. The van der Waals surface area contributed by atoms with Crippen LogP contribution in [0.5, 0.6) is 11.5 Å². The molecule has 0 aliphatic rings. The minimum atomic E-state index is 0.414. The fraction of sp³-hybridized carbons (Fsp3) is 0.200. The quantitative estimate of drug-likeness (QED) is 0.798. The van der Waals surface area contributed by atoms with Crippen LogP contribution in [0.4, 0.5) is 5.82 Å². The summed E-state index contributed by atoms with van der Waals surface area (Å²) in [4.78, 5) is 8.03. The highest BCUT2D eigenvalue weighted by atomic mass is 16.5. The first-order valence-electron chi connectivity index (χ1n) is 4.38. The molecular formula is C10H11N3O2. The van der Waals surface area contributed by atoms with Gasteiger partial charge in [0.2, 0.25) is 0 Å². The van der Waals surface area contributed by atoms with Crippen LogP contribution in [0, 0.1) is 0 Å². The third-order valence-corrected chi connectivity index (χ3v) is 2.16. The standard InChI is InChI=1S/C10H11N3O2/c1-14-6-3-7-9(8(4-6)15-2)12-5-13-10(7)11/h3-5H,1-2H3,(H2,11,12,13). The maximum absolute atomic E-state index is 5.74. The zero-order valence-corrected chi connectivity index (χ0v) is 8.52. The fourth-order valence-corrected chi connectivity index (χ4v) is 1.40. The number of nitrogens with zero attached hydrogens (tertiary/aromatic N) is 2. The van der Waals surface area contributed by atoms with Crippen LogP contribution in [-0.4, -0.2) is 24.2 Å². The predicted molar refractivity (Wildman–Crippen MR) is 57.1 cm³/mol. The third-order valence-electron chi connectivity index (χ3n) is 2.16. The molecule has 0 spiro atoms. The molecule has 2 rings (SSSR count). The van der Waals surface area contributed by atoms with E-state index in [0.29, 0.717) is 22.8 Å². The Morgan fingerprint density at radius 1 is 1.13 bits per heavy atom. The Balaban J connectivity index is 2.80. The zero-order valence-electron chi connectivity index (χ0n) is 8.52. The fourth-order valence-electron chi connectivity index (χ4n) is 1.40. The van der Waals surface area contributed by atoms with E-state index < -0.39 is 0 Å². The minimum Gasteiger partial charge on any atom is -0.497 e. The molecule has 0 saturated heterocycles. The molecule has 0 atom stereocenters. The Labute approximate surface area is 86.8 Å². The van der Waals surface area contributed by atoms with Gasteiger partial charge in [0.25, 0.3) is 0 Å². The van der Waals surface area contributed by atoms with Gasteiger partial charge < -0.3 is 15.2 Å². The first-order chi connectivity index (χ1) is 7.26. The number of fused-ring (bicyclic) bond motifs is 1. The van der Waals surface area contributed by atoms with E-state index in [0.717, 1.165) is 5.39 Å². The predicted octanol–water partition coefficient (Wildman–Crippen LogP) is 1.23. The van der Waals surface area contributed by atoms with E-state index in [2.05, 4.69) is 9.97 Å². The number of rotatable bonds is 2. The van der Waals surface area contributed by atoms with E-state index in [4.69, 9.17) is 15.2 Å². The van der Waals surface area contributed by atoms with Gasteiger partial charge in [-0.1, -0.05) is 0 Å². The molecule has 2 aromatic rings. The highest BCUT2D eigenvalue weighted by Crippen LogP contribution is 2.31. The molecule has 1 aromatic heterocycles. The lowest BCUT2D eigenvalue weighted by molar-refractivity contribution is 0.397. The average molecular weight is 205 g/mol. The smallest absolute Gasteiger partial charge is 0.148 e. The van der Waals surface area contributed by atoms with Crippen molar-refractivity contribution in [3.8, 4) is 11.5 Å². The van der Waals surface area contributed by atoms with Gasteiger partial charge in [-0.3, -0.25) is 0 Å². The Kier molecular flexibility index (Phi) is 2.29. The number of nitrogen functional groups attached to an aromatic ring is 1. The van der Waals surface area contributed by atoms with Crippen molar-refractivity contribution in [2.24, 2.45) is 0 Å². The first kappa shape index (κ1) is 9.51. The molecule has 0 fully saturated rings. The molecule has 0 unspecified atom stereocenters. The largest absolute Gasteiger partial charge is 0.497 e. The SMILES string of the molecule is COc1cc(OC)c2ncnc(N)c2c1. The summed E-state index contributed by atoms with van der Waals surface area (Å²) < 4.78 is 10.3. The first-order valence-corrected chi connectivity index (χ1v) is 4.38. The van der Waals surface area contributed by atoms with Crippen molar-refractivity contribution in [2.45, 2.75) is 0 Å². The molecule has 5 heteroatoms. The number of benzene rings is 1. The van der Waals surface area contributed by atoms with Gasteiger partial charge in [0, 0.05) is 11.5 Å². The summed E-state index contributed by atoms with van der Waals surface area (Å²) in [5.74, 6) is 1.71. The number of anilines is 1. The van der Waals surface area contributed by atoms with Crippen LogP contribution >= 0.6 is 0 Å². The monoisotopic (exact) mass is 205 g/mol. The van der Waals surface area contributed by atoms with E-state index in [1.54, 1.807) is 26.4 Å². The van der Waals surface area contributed by atoms with E-state index in [1.807, 2.05) is 0 Å². The lowest BCUT2D eigenvalue weighted by Gasteiger charge is -2.08. The lowest BCUT2D eigenvalue weighted by atomic mass is 10.2. The molecule has 78 valence electrons. The Hall–Kier alpha value is -2.04. The second-order valence-electron chi connectivity index (χ2n) is 2.98. The van der Waals surface area contributed by atoms with Crippen LogP contribution in [0.1, 0.15) is 0 Å². The van der Waals surface area contributed by atoms with Gasteiger partial charge >= 0.3 is 0 Å². The van der Waals surface area contributed by atoms with Gasteiger partial charge in [-0.2, -0.15) is 0 Å². The highest BCUT2D eigenvalue weighted by Gasteiger charge is 2.08. The number of aromatic nitrogens is 2. The number of methoxy groups -OCH3 is 2. The van der Waals surface area contributed by atoms with Gasteiger partial charge in [0.15, 0.2) is 0 Å². The van der Waals surface area contributed by atoms with E-state index in [1.165, 1.54) is 6.33 Å². The third kappa shape index (κ3) is 1.52. The van der Waals surface area contributed by atoms with Crippen molar-refractivity contribution >= 4 is 16.7 Å². The van der Waals surface area contributed by atoms with Crippen LogP contribution in [0.2, 0.25) is 0 Å². The van der Waals surface area contributed by atoms with E-state index in [9.17, 15) is 0 Å². The summed E-state index contributed by atoms with van der Waals surface area (Å²) in [6.45, 7) is 0. The van der Waals surface area contributed by atoms with E-state index in [-0.39, 0.29) is 0 Å². The molecule has 0 saturated carbocycles. The molecule has 1 heterocycles. The van der Waals surface area contributed by atoms with Crippen molar-refractivity contribution in [1.29, 1.82) is 0 Å². The van der Waals surface area contributed by atoms with Crippen molar-refractivity contribution < 1.29 is 9.47 Å². The van der Waals surface area contributed by atoms with Crippen molar-refractivity contribution in [2.75, 3.05) is 20.0 Å². The van der Waals surface area contributed by atoms with Crippen LogP contribution < -0.4 is 15.2 Å². The van der Waals surface area contributed by atoms with Gasteiger partial charge in [-0.15, -0.1) is 0 Å². The van der Waals surface area contributed by atoms with Gasteiger partial charge in [0.1, 0.15) is 29.2 Å². The number of nitrogens with two attached hydrogens (primary N) is 1. The van der Waals surface area contributed by atoms with Crippen molar-refractivity contribution in [1.82, 2.24) is 9.97 Å². The summed E-state index contributed by atoms with van der Waals surface area (Å²) in [5.41, 5.74) is 6.43. The highest BCUT2D eigenvalue weighted by molar-refractivity contribution is 5.93. The number of hydrogen-bond donors (Lipinski definition) is 1. The molecular weight excluding hydrogens is 194 g/mol. The molecule has 1 aromatic carbocycles. The van der Waals surface area contributed by atoms with Crippen LogP contribution in [-0.2, 0) is 0 Å². The van der Waals surface area contributed by atoms with Gasteiger partial charge in [-0.05, 0) is 6.07 Å². The topological polar surface area (TPSA) is 70.3 Å². The summed E-state index contributed by atoms with van der Waals surface area (Å²) in [7, 11) is 3.16. The Morgan fingerprint density at radius 3 is 2.60 bits per heavy atom.